The average Bonchev–Trinajstić information content (AvgIpc) is 2.24. The first-order valence-corrected chi connectivity index (χ1v) is 6.93. The minimum absolute atomic E-state index is 0.771. The summed E-state index contributed by atoms with van der Waals surface area (Å²) >= 11 is 0. The van der Waals surface area contributed by atoms with Crippen molar-refractivity contribution in [2.45, 2.75) is 71.3 Å². The maximum Gasteiger partial charge on any atom is 0.00640 e. The molecule has 1 fully saturated rings. The van der Waals surface area contributed by atoms with E-state index in [0.717, 1.165) is 17.9 Å². The SMILES string of the molecule is CCCC(CCC1CCCC(C)C1)NC. The van der Waals surface area contributed by atoms with Gasteiger partial charge in [-0.05, 0) is 44.6 Å². The third-order valence-corrected chi connectivity index (χ3v) is 4.01. The molecular formula is C14H29N. The topological polar surface area (TPSA) is 12.0 Å². The van der Waals surface area contributed by atoms with E-state index in [4.69, 9.17) is 0 Å². The van der Waals surface area contributed by atoms with E-state index in [2.05, 4.69) is 26.2 Å². The van der Waals surface area contributed by atoms with Crippen LogP contribution in [0, 0.1) is 11.8 Å². The molecule has 1 aliphatic rings. The van der Waals surface area contributed by atoms with Crippen molar-refractivity contribution in [3.63, 3.8) is 0 Å². The fourth-order valence-corrected chi connectivity index (χ4v) is 3.04. The first-order valence-electron chi connectivity index (χ1n) is 6.93. The summed E-state index contributed by atoms with van der Waals surface area (Å²) in [7, 11) is 2.11. The molecule has 0 bridgehead atoms. The Kier molecular flexibility index (Phi) is 6.31. The zero-order valence-electron chi connectivity index (χ0n) is 10.9. The summed E-state index contributed by atoms with van der Waals surface area (Å²) < 4.78 is 0. The Morgan fingerprint density at radius 3 is 2.67 bits per heavy atom. The Balaban J connectivity index is 2.16. The van der Waals surface area contributed by atoms with Crippen molar-refractivity contribution < 1.29 is 0 Å². The van der Waals surface area contributed by atoms with Gasteiger partial charge in [-0.3, -0.25) is 0 Å². The van der Waals surface area contributed by atoms with E-state index in [9.17, 15) is 0 Å². The van der Waals surface area contributed by atoms with E-state index in [0.29, 0.717) is 0 Å². The first-order chi connectivity index (χ1) is 7.26. The molecule has 0 aromatic rings. The van der Waals surface area contributed by atoms with Gasteiger partial charge in [-0.2, -0.15) is 0 Å². The lowest BCUT2D eigenvalue weighted by Gasteiger charge is -2.28. The molecule has 0 aromatic carbocycles. The molecular weight excluding hydrogens is 182 g/mol. The highest BCUT2D eigenvalue weighted by Gasteiger charge is 2.19. The Bertz CT molecular complexity index is 155. The molecule has 0 amide bonds. The van der Waals surface area contributed by atoms with Gasteiger partial charge in [-0.25, -0.2) is 0 Å². The van der Waals surface area contributed by atoms with Crippen LogP contribution in [0.3, 0.4) is 0 Å². The molecule has 90 valence electrons. The first kappa shape index (κ1) is 13.0. The van der Waals surface area contributed by atoms with Crippen LogP contribution >= 0.6 is 0 Å². The number of rotatable bonds is 6. The van der Waals surface area contributed by atoms with Crippen molar-refractivity contribution in [2.24, 2.45) is 11.8 Å². The second-order valence-electron chi connectivity index (χ2n) is 5.49. The lowest BCUT2D eigenvalue weighted by atomic mass is 9.79. The normalized spacial score (nSPS) is 29.0. The van der Waals surface area contributed by atoms with Crippen LogP contribution in [0.25, 0.3) is 0 Å². The molecule has 3 atom stereocenters. The Morgan fingerprint density at radius 2 is 2.07 bits per heavy atom. The fraction of sp³-hybridized carbons (Fsp3) is 1.00. The van der Waals surface area contributed by atoms with E-state index in [1.165, 1.54) is 51.4 Å². The molecule has 1 nitrogen and oxygen atoms in total. The highest BCUT2D eigenvalue weighted by molar-refractivity contribution is 4.73. The summed E-state index contributed by atoms with van der Waals surface area (Å²) in [4.78, 5) is 0. The van der Waals surface area contributed by atoms with Gasteiger partial charge in [0.05, 0.1) is 0 Å². The van der Waals surface area contributed by atoms with E-state index in [1.54, 1.807) is 0 Å². The molecule has 0 radical (unpaired) electrons. The van der Waals surface area contributed by atoms with Gasteiger partial charge in [-0.15, -0.1) is 0 Å². The predicted octanol–water partition coefficient (Wildman–Crippen LogP) is 3.98. The highest BCUT2D eigenvalue weighted by Crippen LogP contribution is 2.31. The zero-order valence-corrected chi connectivity index (χ0v) is 10.9. The third-order valence-electron chi connectivity index (χ3n) is 4.01. The molecule has 0 aromatic heterocycles. The van der Waals surface area contributed by atoms with Crippen LogP contribution in [0.4, 0.5) is 0 Å². The summed E-state index contributed by atoms with van der Waals surface area (Å²) in [5.74, 6) is 2.02. The molecule has 1 saturated carbocycles. The maximum absolute atomic E-state index is 3.45. The minimum atomic E-state index is 0.771. The van der Waals surface area contributed by atoms with Crippen LogP contribution in [0.1, 0.15) is 65.2 Å². The van der Waals surface area contributed by atoms with E-state index >= 15 is 0 Å². The Labute approximate surface area is 96.0 Å². The van der Waals surface area contributed by atoms with Gasteiger partial charge in [-0.1, -0.05) is 39.5 Å². The van der Waals surface area contributed by atoms with E-state index in [1.807, 2.05) is 0 Å². The van der Waals surface area contributed by atoms with Crippen LogP contribution in [-0.2, 0) is 0 Å². The molecule has 3 unspecified atom stereocenters. The molecule has 0 saturated heterocycles. The van der Waals surface area contributed by atoms with Gasteiger partial charge >= 0.3 is 0 Å². The monoisotopic (exact) mass is 211 g/mol. The summed E-state index contributed by atoms with van der Waals surface area (Å²) in [6.45, 7) is 4.71. The van der Waals surface area contributed by atoms with Gasteiger partial charge in [0.1, 0.15) is 0 Å². The molecule has 1 N–H and O–H groups in total. The molecule has 0 spiro atoms. The van der Waals surface area contributed by atoms with Gasteiger partial charge in [0.25, 0.3) is 0 Å². The molecule has 1 heteroatoms. The summed E-state index contributed by atoms with van der Waals surface area (Å²) in [6, 6.07) is 0.771. The molecule has 1 rings (SSSR count). The second kappa shape index (κ2) is 7.27. The largest absolute Gasteiger partial charge is 0.317 e. The van der Waals surface area contributed by atoms with Gasteiger partial charge in [0.2, 0.25) is 0 Å². The van der Waals surface area contributed by atoms with E-state index in [-0.39, 0.29) is 0 Å². The van der Waals surface area contributed by atoms with Crippen LogP contribution in [0.5, 0.6) is 0 Å². The average molecular weight is 211 g/mol. The number of hydrogen-bond donors (Lipinski definition) is 1. The van der Waals surface area contributed by atoms with Crippen molar-refractivity contribution in [3.05, 3.63) is 0 Å². The number of hydrogen-bond acceptors (Lipinski definition) is 1. The minimum Gasteiger partial charge on any atom is -0.317 e. The maximum atomic E-state index is 3.45. The van der Waals surface area contributed by atoms with Crippen molar-refractivity contribution in [1.82, 2.24) is 5.32 Å². The Hall–Kier alpha value is -0.0400. The molecule has 1 aliphatic carbocycles. The van der Waals surface area contributed by atoms with Crippen LogP contribution in [0.2, 0.25) is 0 Å². The lowest BCUT2D eigenvalue weighted by Crippen LogP contribution is -2.26. The van der Waals surface area contributed by atoms with Gasteiger partial charge in [0.15, 0.2) is 0 Å². The fourth-order valence-electron chi connectivity index (χ4n) is 3.04. The van der Waals surface area contributed by atoms with Crippen molar-refractivity contribution in [3.8, 4) is 0 Å². The quantitative estimate of drug-likeness (QED) is 0.700. The third kappa shape index (κ3) is 5.01. The van der Waals surface area contributed by atoms with Crippen LogP contribution in [-0.4, -0.2) is 13.1 Å². The smallest absolute Gasteiger partial charge is 0.00640 e. The van der Waals surface area contributed by atoms with Crippen LogP contribution < -0.4 is 5.32 Å². The molecule has 0 aliphatic heterocycles. The number of nitrogens with one attached hydrogen (secondary N) is 1. The lowest BCUT2D eigenvalue weighted by molar-refractivity contribution is 0.256. The second-order valence-corrected chi connectivity index (χ2v) is 5.49. The van der Waals surface area contributed by atoms with Crippen molar-refractivity contribution in [1.29, 1.82) is 0 Å². The Morgan fingerprint density at radius 1 is 1.27 bits per heavy atom. The van der Waals surface area contributed by atoms with Gasteiger partial charge < -0.3 is 5.32 Å². The standard InChI is InChI=1S/C14H29N/c1-4-6-14(15-3)10-9-13-8-5-7-12(2)11-13/h12-15H,4-11H2,1-3H3. The summed E-state index contributed by atoms with van der Waals surface area (Å²) in [5, 5.41) is 3.45. The van der Waals surface area contributed by atoms with E-state index < -0.39 is 0 Å². The van der Waals surface area contributed by atoms with Crippen molar-refractivity contribution >= 4 is 0 Å². The molecule has 0 heterocycles. The predicted molar refractivity (Wildman–Crippen MR) is 68.1 cm³/mol. The highest BCUT2D eigenvalue weighted by atomic mass is 14.9. The zero-order chi connectivity index (χ0) is 11.1. The molecule has 15 heavy (non-hydrogen) atoms. The van der Waals surface area contributed by atoms with Gasteiger partial charge in [0, 0.05) is 6.04 Å². The summed E-state index contributed by atoms with van der Waals surface area (Å²) in [5.41, 5.74) is 0. The van der Waals surface area contributed by atoms with Crippen molar-refractivity contribution in [2.75, 3.05) is 7.05 Å². The van der Waals surface area contributed by atoms with Crippen LogP contribution in [0.15, 0.2) is 0 Å². The summed E-state index contributed by atoms with van der Waals surface area (Å²) in [6.07, 6.45) is 11.4.